The maximum Gasteiger partial charge on any atom is 0.303 e. The van der Waals surface area contributed by atoms with Gasteiger partial charge in [0.2, 0.25) is 10.9 Å². The molecule has 0 saturated carbocycles. The van der Waals surface area contributed by atoms with Crippen molar-refractivity contribution in [2.75, 3.05) is 25.1 Å². The van der Waals surface area contributed by atoms with Crippen LogP contribution in [0.4, 0.5) is 5.69 Å². The number of anilines is 1. The molecule has 2 aliphatic heterocycles. The topological polar surface area (TPSA) is 242 Å². The second kappa shape index (κ2) is 12.0. The van der Waals surface area contributed by atoms with Gasteiger partial charge in [0.25, 0.3) is 0 Å². The Kier molecular flexibility index (Phi) is 9.50. The monoisotopic (exact) mass is 521 g/mol. The van der Waals surface area contributed by atoms with E-state index >= 15 is 0 Å². The Hall–Kier alpha value is -2.05. The molecular formula is C21H31NO14. The van der Waals surface area contributed by atoms with E-state index in [2.05, 4.69) is 5.32 Å². The van der Waals surface area contributed by atoms with Crippen LogP contribution >= 0.6 is 0 Å². The molecule has 15 nitrogen and oxygen atoms in total. The lowest BCUT2D eigenvalue weighted by atomic mass is 9.95. The zero-order chi connectivity index (χ0) is 26.7. The van der Waals surface area contributed by atoms with E-state index < -0.39 is 91.3 Å². The fourth-order valence-electron chi connectivity index (χ4n) is 4.09. The Morgan fingerprint density at radius 1 is 0.917 bits per heavy atom. The summed E-state index contributed by atoms with van der Waals surface area (Å²) in [6.45, 7) is 0.678. The summed E-state index contributed by atoms with van der Waals surface area (Å²) in [7, 11) is 0. The predicted molar refractivity (Wildman–Crippen MR) is 117 cm³/mol. The molecule has 2 saturated heterocycles. The van der Waals surface area contributed by atoms with Gasteiger partial charge in [-0.05, 0) is 13.3 Å². The summed E-state index contributed by atoms with van der Waals surface area (Å²) in [5.41, 5.74) is -0.840. The third kappa shape index (κ3) is 5.91. The fraction of sp³-hybridized carbons (Fsp3) is 0.762. The van der Waals surface area contributed by atoms with Crippen molar-refractivity contribution in [2.24, 2.45) is 0 Å². The minimum atomic E-state index is -1.82. The number of hydrogen-bond donors (Lipinski definition) is 8. The van der Waals surface area contributed by atoms with E-state index in [1.54, 1.807) is 0 Å². The van der Waals surface area contributed by atoms with Gasteiger partial charge in [-0.2, -0.15) is 0 Å². The highest BCUT2D eigenvalue weighted by atomic mass is 16.8. The van der Waals surface area contributed by atoms with Crippen LogP contribution in [0.2, 0.25) is 0 Å². The van der Waals surface area contributed by atoms with Crippen LogP contribution in [-0.2, 0) is 23.7 Å². The number of carboxylic acid groups (broad SMARTS) is 1. The van der Waals surface area contributed by atoms with E-state index in [-0.39, 0.29) is 30.8 Å². The maximum absolute atomic E-state index is 11.5. The molecule has 2 fully saturated rings. The van der Waals surface area contributed by atoms with Gasteiger partial charge in [-0.1, -0.05) is 0 Å². The van der Waals surface area contributed by atoms with Crippen LogP contribution in [-0.4, -0.2) is 123 Å². The number of nitrogens with one attached hydrogen (secondary N) is 1. The molecule has 0 bridgehead atoms. The molecule has 10 atom stereocenters. The van der Waals surface area contributed by atoms with Crippen molar-refractivity contribution in [1.82, 2.24) is 0 Å². The third-order valence-corrected chi connectivity index (χ3v) is 6.26. The van der Waals surface area contributed by atoms with Crippen molar-refractivity contribution >= 4 is 11.7 Å². The van der Waals surface area contributed by atoms with Gasteiger partial charge in [0.05, 0.1) is 25.0 Å². The molecule has 2 aliphatic rings. The van der Waals surface area contributed by atoms with Gasteiger partial charge in [0.1, 0.15) is 42.7 Å². The van der Waals surface area contributed by atoms with Gasteiger partial charge in [-0.15, -0.1) is 0 Å². The Morgan fingerprint density at radius 2 is 1.56 bits per heavy atom. The van der Waals surface area contributed by atoms with E-state index in [9.17, 15) is 45.0 Å². The van der Waals surface area contributed by atoms with Crippen LogP contribution in [0.1, 0.15) is 18.4 Å². The molecule has 0 aliphatic carbocycles. The number of aliphatic hydroxyl groups excluding tert-OH is 6. The predicted octanol–water partition coefficient (Wildman–Crippen LogP) is -4.48. The summed E-state index contributed by atoms with van der Waals surface area (Å²) >= 11 is 0. The lowest BCUT2D eigenvalue weighted by molar-refractivity contribution is -0.365. The molecule has 2 heterocycles. The highest BCUT2D eigenvalue weighted by Gasteiger charge is 2.50. The summed E-state index contributed by atoms with van der Waals surface area (Å²) in [5.74, 6) is -1.18. The molecule has 15 heteroatoms. The standard InChI is InChI=1S/C21H31NO14/c1-7-11(15(29)12(7)26)22-4-5-33-21-19(17(31)14(28)9(6-23)35-21)36-20-18(32)16(30)13(27)8(34-20)2-3-10(24)25/h8-9,13-14,16-23,27-28,30-32H,2-6H2,1H3,(H,24,25)/t8?,9?,13-,14-,16+,17+,18?,19?,20-,21+/m1/s1. The van der Waals surface area contributed by atoms with Crippen LogP contribution in [0.3, 0.4) is 0 Å². The molecule has 3 rings (SSSR count). The minimum absolute atomic E-state index is 0.0332. The second-order valence-electron chi connectivity index (χ2n) is 8.71. The van der Waals surface area contributed by atoms with Crippen molar-refractivity contribution in [1.29, 1.82) is 0 Å². The molecule has 4 unspecified atom stereocenters. The van der Waals surface area contributed by atoms with Crippen molar-refractivity contribution in [3.05, 3.63) is 26.0 Å². The Balaban J connectivity index is 1.68. The van der Waals surface area contributed by atoms with Crippen molar-refractivity contribution in [2.45, 2.75) is 81.2 Å². The zero-order valence-electron chi connectivity index (χ0n) is 19.3. The summed E-state index contributed by atoms with van der Waals surface area (Å²) < 4.78 is 22.1. The van der Waals surface area contributed by atoms with E-state index in [0.29, 0.717) is 0 Å². The first-order valence-corrected chi connectivity index (χ1v) is 11.3. The molecule has 204 valence electrons. The average Bonchev–Trinajstić information content (AvgIpc) is 2.86. The molecule has 0 aromatic heterocycles. The van der Waals surface area contributed by atoms with Crippen molar-refractivity contribution in [3.63, 3.8) is 0 Å². The number of rotatable bonds is 11. The quantitative estimate of drug-likeness (QED) is 0.101. The van der Waals surface area contributed by atoms with Crippen LogP contribution < -0.4 is 16.2 Å². The van der Waals surface area contributed by atoms with Gasteiger partial charge in [0.15, 0.2) is 12.6 Å². The van der Waals surface area contributed by atoms with E-state index in [4.69, 9.17) is 24.1 Å². The van der Waals surface area contributed by atoms with E-state index in [1.807, 2.05) is 0 Å². The first-order chi connectivity index (χ1) is 17.0. The van der Waals surface area contributed by atoms with E-state index in [0.717, 1.165) is 0 Å². The molecule has 8 N–H and O–H groups in total. The summed E-state index contributed by atoms with van der Waals surface area (Å²) in [6.07, 6.45) is -16.3. The lowest BCUT2D eigenvalue weighted by Crippen LogP contribution is -2.64. The smallest absolute Gasteiger partial charge is 0.303 e. The summed E-state index contributed by atoms with van der Waals surface area (Å²) in [6, 6.07) is 0. The Morgan fingerprint density at radius 3 is 2.17 bits per heavy atom. The highest BCUT2D eigenvalue weighted by molar-refractivity contribution is 5.66. The first kappa shape index (κ1) is 28.5. The summed E-state index contributed by atoms with van der Waals surface area (Å²) in [4.78, 5) is 33.7. The second-order valence-corrected chi connectivity index (χ2v) is 8.71. The normalized spacial score (nSPS) is 37.2. The molecule has 1 aromatic rings. The number of aliphatic hydroxyl groups is 6. The zero-order valence-corrected chi connectivity index (χ0v) is 19.3. The van der Waals surface area contributed by atoms with Gasteiger partial charge in [0, 0.05) is 18.5 Å². The maximum atomic E-state index is 11.5. The number of ether oxygens (including phenoxy) is 4. The fourth-order valence-corrected chi connectivity index (χ4v) is 4.09. The SMILES string of the molecule is Cc1c(NCCO[C@H]2OC(CO)[C@@H](O)[C@H](O)C2O[C@H]2OC(CCC(=O)O)[C@@H](O)[C@H](O)C2O)c(=O)c1=O. The van der Waals surface area contributed by atoms with E-state index in [1.165, 1.54) is 6.92 Å². The molecule has 0 spiro atoms. The molecule has 36 heavy (non-hydrogen) atoms. The number of carboxylic acids is 1. The highest BCUT2D eigenvalue weighted by Crippen LogP contribution is 2.30. The lowest BCUT2D eigenvalue weighted by Gasteiger charge is -2.46. The van der Waals surface area contributed by atoms with Crippen LogP contribution in [0, 0.1) is 6.92 Å². The third-order valence-electron chi connectivity index (χ3n) is 6.26. The van der Waals surface area contributed by atoms with Crippen LogP contribution in [0.5, 0.6) is 0 Å². The van der Waals surface area contributed by atoms with Crippen LogP contribution in [0.15, 0.2) is 9.59 Å². The Bertz CT molecular complexity index is 963. The number of aliphatic carboxylic acids is 1. The van der Waals surface area contributed by atoms with Crippen LogP contribution in [0.25, 0.3) is 0 Å². The van der Waals surface area contributed by atoms with Gasteiger partial charge in [-0.3, -0.25) is 14.4 Å². The molecule has 1 aromatic carbocycles. The number of hydrogen-bond acceptors (Lipinski definition) is 14. The molecular weight excluding hydrogens is 490 g/mol. The Labute approximate surface area is 204 Å². The largest absolute Gasteiger partial charge is 0.481 e. The minimum Gasteiger partial charge on any atom is -0.481 e. The van der Waals surface area contributed by atoms with Gasteiger partial charge in [-0.25, -0.2) is 0 Å². The van der Waals surface area contributed by atoms with Gasteiger partial charge >= 0.3 is 5.97 Å². The van der Waals surface area contributed by atoms with Gasteiger partial charge < -0.3 is 60.0 Å². The molecule has 0 amide bonds. The average molecular weight is 521 g/mol. The van der Waals surface area contributed by atoms with Crippen molar-refractivity contribution in [3.8, 4) is 0 Å². The first-order valence-electron chi connectivity index (χ1n) is 11.3. The number of carbonyl (C=O) groups is 1. The summed E-state index contributed by atoms with van der Waals surface area (Å²) in [5, 5.41) is 72.6. The van der Waals surface area contributed by atoms with Crippen molar-refractivity contribution < 1.29 is 59.5 Å². The molecule has 0 radical (unpaired) electrons.